The molecule has 0 bridgehead atoms. The summed E-state index contributed by atoms with van der Waals surface area (Å²) in [6, 6.07) is 0. The van der Waals surface area contributed by atoms with Gasteiger partial charge in [0.2, 0.25) is 0 Å². The van der Waals surface area contributed by atoms with E-state index in [1.165, 1.54) is 25.7 Å². The van der Waals surface area contributed by atoms with Gasteiger partial charge in [-0.25, -0.2) is 0 Å². The first kappa shape index (κ1) is 9.95. The van der Waals surface area contributed by atoms with E-state index in [2.05, 4.69) is 6.58 Å². The predicted octanol–water partition coefficient (Wildman–Crippen LogP) is 3.35. The molecule has 2 atom stereocenters. The maximum Gasteiger partial charge on any atom is 0.136 e. The first-order chi connectivity index (χ1) is 6.70. The standard InChI is InChI=1S/C13H20O/c1-9(2)7-8-12(14)13-10-5-3-4-6-11(10)13/h10-11,13H,1,3-8H2,2H3. The van der Waals surface area contributed by atoms with Gasteiger partial charge in [0.05, 0.1) is 0 Å². The van der Waals surface area contributed by atoms with E-state index in [0.717, 1.165) is 30.3 Å². The number of hydrogen-bond donors (Lipinski definition) is 0. The second-order valence-electron chi connectivity index (χ2n) is 5.06. The monoisotopic (exact) mass is 192 g/mol. The van der Waals surface area contributed by atoms with E-state index >= 15 is 0 Å². The molecule has 2 aliphatic carbocycles. The van der Waals surface area contributed by atoms with Crippen LogP contribution in [0, 0.1) is 17.8 Å². The molecule has 78 valence electrons. The molecule has 2 aliphatic rings. The molecule has 0 radical (unpaired) electrons. The van der Waals surface area contributed by atoms with E-state index in [-0.39, 0.29) is 0 Å². The topological polar surface area (TPSA) is 17.1 Å². The van der Waals surface area contributed by atoms with Gasteiger partial charge in [0, 0.05) is 12.3 Å². The summed E-state index contributed by atoms with van der Waals surface area (Å²) < 4.78 is 0. The van der Waals surface area contributed by atoms with E-state index < -0.39 is 0 Å². The molecular weight excluding hydrogens is 172 g/mol. The zero-order chi connectivity index (χ0) is 10.1. The van der Waals surface area contributed by atoms with Crippen molar-refractivity contribution in [3.63, 3.8) is 0 Å². The number of ketones is 1. The summed E-state index contributed by atoms with van der Waals surface area (Å²) >= 11 is 0. The first-order valence-corrected chi connectivity index (χ1v) is 5.87. The Labute approximate surface area is 86.6 Å². The Kier molecular flexibility index (Phi) is 2.76. The van der Waals surface area contributed by atoms with Gasteiger partial charge in [0.1, 0.15) is 5.78 Å². The van der Waals surface area contributed by atoms with Crippen molar-refractivity contribution in [3.8, 4) is 0 Å². The van der Waals surface area contributed by atoms with Crippen LogP contribution in [0.2, 0.25) is 0 Å². The third-order valence-electron chi connectivity index (χ3n) is 3.83. The van der Waals surface area contributed by atoms with Gasteiger partial charge in [-0.05, 0) is 38.0 Å². The van der Waals surface area contributed by atoms with Crippen LogP contribution in [0.1, 0.15) is 45.4 Å². The smallest absolute Gasteiger partial charge is 0.136 e. The molecule has 2 rings (SSSR count). The summed E-state index contributed by atoms with van der Waals surface area (Å²) in [6.45, 7) is 5.85. The van der Waals surface area contributed by atoms with Crippen molar-refractivity contribution < 1.29 is 4.79 Å². The number of Topliss-reactive ketones (excluding diaryl/α,β-unsaturated/α-hetero) is 1. The second kappa shape index (κ2) is 3.88. The van der Waals surface area contributed by atoms with Gasteiger partial charge in [0.15, 0.2) is 0 Å². The van der Waals surface area contributed by atoms with E-state index in [9.17, 15) is 4.79 Å². The minimum atomic E-state index is 0.455. The highest BCUT2D eigenvalue weighted by molar-refractivity contribution is 5.84. The number of carbonyl (C=O) groups is 1. The normalized spacial score (nSPS) is 34.8. The molecule has 0 aliphatic heterocycles. The lowest BCUT2D eigenvalue weighted by atomic mass is 10.0. The molecule has 0 spiro atoms. The Hall–Kier alpha value is -0.590. The van der Waals surface area contributed by atoms with Gasteiger partial charge in [-0.2, -0.15) is 0 Å². The fourth-order valence-corrected chi connectivity index (χ4v) is 2.97. The number of carbonyl (C=O) groups excluding carboxylic acids is 1. The van der Waals surface area contributed by atoms with Crippen LogP contribution < -0.4 is 0 Å². The fraction of sp³-hybridized carbons (Fsp3) is 0.769. The molecule has 0 aromatic rings. The van der Waals surface area contributed by atoms with Crippen molar-refractivity contribution in [2.45, 2.75) is 45.4 Å². The van der Waals surface area contributed by atoms with Gasteiger partial charge in [-0.3, -0.25) is 4.79 Å². The highest BCUT2D eigenvalue weighted by Gasteiger charge is 2.53. The Morgan fingerprint density at radius 1 is 1.21 bits per heavy atom. The molecule has 0 amide bonds. The summed E-state index contributed by atoms with van der Waals surface area (Å²) in [4.78, 5) is 11.8. The van der Waals surface area contributed by atoms with Crippen LogP contribution in [-0.4, -0.2) is 5.78 Å². The van der Waals surface area contributed by atoms with Gasteiger partial charge in [0.25, 0.3) is 0 Å². The zero-order valence-electron chi connectivity index (χ0n) is 9.09. The Morgan fingerprint density at radius 3 is 2.29 bits per heavy atom. The van der Waals surface area contributed by atoms with Crippen molar-refractivity contribution in [2.75, 3.05) is 0 Å². The lowest BCUT2D eigenvalue weighted by Crippen LogP contribution is -2.03. The number of fused-ring (bicyclic) bond motifs is 1. The molecule has 2 saturated carbocycles. The fourth-order valence-electron chi connectivity index (χ4n) is 2.97. The summed E-state index contributed by atoms with van der Waals surface area (Å²) in [6.07, 6.45) is 6.97. The Balaban J connectivity index is 1.79. The number of hydrogen-bond acceptors (Lipinski definition) is 1. The summed E-state index contributed by atoms with van der Waals surface area (Å²) in [5.74, 6) is 2.53. The van der Waals surface area contributed by atoms with Crippen LogP contribution in [-0.2, 0) is 4.79 Å². The molecule has 2 unspecified atom stereocenters. The van der Waals surface area contributed by atoms with Crippen molar-refractivity contribution in [1.29, 1.82) is 0 Å². The quantitative estimate of drug-likeness (QED) is 0.624. The van der Waals surface area contributed by atoms with Crippen LogP contribution in [0.4, 0.5) is 0 Å². The molecule has 0 N–H and O–H groups in total. The molecule has 2 fully saturated rings. The molecule has 0 saturated heterocycles. The third-order valence-corrected chi connectivity index (χ3v) is 3.83. The number of allylic oxidation sites excluding steroid dienone is 1. The van der Waals surface area contributed by atoms with Gasteiger partial charge in [-0.15, -0.1) is 6.58 Å². The summed E-state index contributed by atoms with van der Waals surface area (Å²) in [5, 5.41) is 0. The second-order valence-corrected chi connectivity index (χ2v) is 5.06. The van der Waals surface area contributed by atoms with Crippen LogP contribution in [0.25, 0.3) is 0 Å². The van der Waals surface area contributed by atoms with Gasteiger partial charge in [-0.1, -0.05) is 18.4 Å². The van der Waals surface area contributed by atoms with Crippen molar-refractivity contribution in [3.05, 3.63) is 12.2 Å². The predicted molar refractivity (Wildman–Crippen MR) is 58.0 cm³/mol. The largest absolute Gasteiger partial charge is 0.299 e. The van der Waals surface area contributed by atoms with Crippen LogP contribution >= 0.6 is 0 Å². The first-order valence-electron chi connectivity index (χ1n) is 5.87. The minimum absolute atomic E-state index is 0.455. The SMILES string of the molecule is C=C(C)CCC(=O)C1C2CCCCC21. The third kappa shape index (κ3) is 1.92. The van der Waals surface area contributed by atoms with Crippen LogP contribution in [0.5, 0.6) is 0 Å². The number of rotatable bonds is 4. The molecule has 0 aromatic carbocycles. The van der Waals surface area contributed by atoms with E-state index in [1.807, 2.05) is 6.92 Å². The molecule has 0 aromatic heterocycles. The maximum absolute atomic E-state index is 11.8. The maximum atomic E-state index is 11.8. The van der Waals surface area contributed by atoms with E-state index in [0.29, 0.717) is 11.7 Å². The summed E-state index contributed by atoms with van der Waals surface area (Å²) in [7, 11) is 0. The lowest BCUT2D eigenvalue weighted by Gasteiger charge is -2.04. The van der Waals surface area contributed by atoms with E-state index in [4.69, 9.17) is 0 Å². The Morgan fingerprint density at radius 2 is 1.79 bits per heavy atom. The average Bonchev–Trinajstić information content (AvgIpc) is 2.88. The molecule has 0 heterocycles. The van der Waals surface area contributed by atoms with Crippen LogP contribution in [0.3, 0.4) is 0 Å². The van der Waals surface area contributed by atoms with Crippen molar-refractivity contribution in [2.24, 2.45) is 17.8 Å². The molecule has 1 heteroatoms. The van der Waals surface area contributed by atoms with Gasteiger partial charge >= 0.3 is 0 Å². The minimum Gasteiger partial charge on any atom is -0.299 e. The van der Waals surface area contributed by atoms with Crippen LogP contribution in [0.15, 0.2) is 12.2 Å². The van der Waals surface area contributed by atoms with E-state index in [1.54, 1.807) is 0 Å². The average molecular weight is 192 g/mol. The Bertz CT molecular complexity index is 242. The van der Waals surface area contributed by atoms with Crippen molar-refractivity contribution in [1.82, 2.24) is 0 Å². The lowest BCUT2D eigenvalue weighted by molar-refractivity contribution is -0.120. The highest BCUT2D eigenvalue weighted by Crippen LogP contribution is 2.56. The molecule has 1 nitrogen and oxygen atoms in total. The highest BCUT2D eigenvalue weighted by atomic mass is 16.1. The molecular formula is C13H20O. The van der Waals surface area contributed by atoms with Gasteiger partial charge < -0.3 is 0 Å². The summed E-state index contributed by atoms with van der Waals surface area (Å²) in [5.41, 5.74) is 1.14. The molecule has 14 heavy (non-hydrogen) atoms. The van der Waals surface area contributed by atoms with Crippen molar-refractivity contribution >= 4 is 5.78 Å². The zero-order valence-corrected chi connectivity index (χ0v) is 9.09.